The number of carbonyl (C=O) groups is 2. The first-order chi connectivity index (χ1) is 27.5. The molecule has 2 atom stereocenters. The molecule has 9 nitrogen and oxygen atoms in total. The Kier molecular flexibility index (Phi) is 36.8. The van der Waals surface area contributed by atoms with Gasteiger partial charge in [-0.2, -0.15) is 0 Å². The van der Waals surface area contributed by atoms with E-state index < -0.39 is 32.5 Å². The molecule has 0 saturated carbocycles. The number of phosphoric acid groups is 1. The lowest BCUT2D eigenvalue weighted by molar-refractivity contribution is -0.870. The van der Waals surface area contributed by atoms with Gasteiger partial charge in [0.05, 0.1) is 27.7 Å². The third kappa shape index (κ3) is 42.6. The van der Waals surface area contributed by atoms with Crippen molar-refractivity contribution in [1.82, 2.24) is 0 Å². The van der Waals surface area contributed by atoms with E-state index in [1.54, 1.807) is 0 Å². The van der Waals surface area contributed by atoms with E-state index in [9.17, 15) is 19.0 Å². The van der Waals surface area contributed by atoms with Gasteiger partial charge in [-0.3, -0.25) is 14.2 Å². The molecule has 0 aromatic carbocycles. The topological polar surface area (TPSA) is 111 Å². The van der Waals surface area contributed by atoms with Gasteiger partial charge in [0.25, 0.3) is 7.82 Å². The number of unbranched alkanes of at least 4 members (excludes halogenated alkanes) is 10. The average Bonchev–Trinajstić information content (AvgIpc) is 3.16. The van der Waals surface area contributed by atoms with Crippen LogP contribution in [0.4, 0.5) is 0 Å². The van der Waals surface area contributed by atoms with E-state index in [1.165, 1.54) is 38.5 Å². The summed E-state index contributed by atoms with van der Waals surface area (Å²) in [6.07, 6.45) is 49.1. The molecule has 0 bridgehead atoms. The first-order valence-electron chi connectivity index (χ1n) is 21.8. The van der Waals surface area contributed by atoms with Gasteiger partial charge in [0.2, 0.25) is 0 Å². The lowest BCUT2D eigenvalue weighted by Gasteiger charge is -2.28. The highest BCUT2D eigenvalue weighted by Gasteiger charge is 2.21. The van der Waals surface area contributed by atoms with Crippen LogP contribution in [-0.4, -0.2) is 70.0 Å². The normalized spacial score (nSPS) is 14.4. The van der Waals surface area contributed by atoms with Gasteiger partial charge in [0.1, 0.15) is 19.8 Å². The van der Waals surface area contributed by atoms with Crippen LogP contribution >= 0.6 is 7.82 Å². The molecular formula is C47H80NO8P. The zero-order valence-electron chi connectivity index (χ0n) is 36.5. The quantitative estimate of drug-likeness (QED) is 0.0199. The molecule has 57 heavy (non-hydrogen) atoms. The van der Waals surface area contributed by atoms with Crippen molar-refractivity contribution in [2.75, 3.05) is 47.5 Å². The molecule has 0 aromatic heterocycles. The number of phosphoric ester groups is 1. The summed E-state index contributed by atoms with van der Waals surface area (Å²) >= 11 is 0. The van der Waals surface area contributed by atoms with Gasteiger partial charge < -0.3 is 27.9 Å². The maximum Gasteiger partial charge on any atom is 0.306 e. The summed E-state index contributed by atoms with van der Waals surface area (Å²) < 4.78 is 33.8. The van der Waals surface area contributed by atoms with Crippen LogP contribution in [0.5, 0.6) is 0 Å². The number of nitrogens with zero attached hydrogens (tertiary/aromatic N) is 1. The lowest BCUT2D eigenvalue weighted by atomic mass is 10.1. The minimum atomic E-state index is -4.65. The molecule has 2 unspecified atom stereocenters. The average molecular weight is 818 g/mol. The molecule has 0 N–H and O–H groups in total. The largest absolute Gasteiger partial charge is 0.756 e. The standard InChI is InChI=1S/C47H80NO8P/c1-6-8-10-12-14-16-18-20-21-22-23-24-25-26-28-29-31-33-35-37-39-46(49)53-43-45(44-55-57(51,52)54-42-41-48(3,4)5)56-47(50)40-38-36-34-32-30-27-19-17-15-13-11-9-7-2/h8,10,14,16,20-21,23-24,26-28,30,34,36,45H,6-7,9,11-13,15,17-19,22,25,29,31-33,35,37-44H2,1-5H3/b10-8+,16-14+,21-20+,24-23+,28-26+,30-27+,36-34+. The first-order valence-corrected chi connectivity index (χ1v) is 23.3. The van der Waals surface area contributed by atoms with Crippen LogP contribution in [0.15, 0.2) is 85.1 Å². The highest BCUT2D eigenvalue weighted by Crippen LogP contribution is 2.38. The van der Waals surface area contributed by atoms with Crippen molar-refractivity contribution in [3.05, 3.63) is 85.1 Å². The third-order valence-corrected chi connectivity index (χ3v) is 9.63. The van der Waals surface area contributed by atoms with Gasteiger partial charge in [-0.05, 0) is 77.0 Å². The molecule has 0 spiro atoms. The Morgan fingerprint density at radius 3 is 1.56 bits per heavy atom. The second-order valence-electron chi connectivity index (χ2n) is 15.3. The minimum Gasteiger partial charge on any atom is -0.756 e. The van der Waals surface area contributed by atoms with E-state index in [0.717, 1.165) is 70.6 Å². The van der Waals surface area contributed by atoms with Crippen molar-refractivity contribution >= 4 is 19.8 Å². The second-order valence-corrected chi connectivity index (χ2v) is 16.7. The molecule has 0 aromatic rings. The van der Waals surface area contributed by atoms with Crippen molar-refractivity contribution in [1.29, 1.82) is 0 Å². The summed E-state index contributed by atoms with van der Waals surface area (Å²) in [7, 11) is 1.10. The Balaban J connectivity index is 4.47. The van der Waals surface area contributed by atoms with Gasteiger partial charge in [0, 0.05) is 12.8 Å². The maximum absolute atomic E-state index is 12.6. The molecular weight excluding hydrogens is 737 g/mol. The van der Waals surface area contributed by atoms with E-state index in [2.05, 4.69) is 86.8 Å². The van der Waals surface area contributed by atoms with Crippen molar-refractivity contribution < 1.29 is 42.1 Å². The number of esters is 2. The van der Waals surface area contributed by atoms with Crippen LogP contribution in [0.3, 0.4) is 0 Å². The van der Waals surface area contributed by atoms with E-state index >= 15 is 0 Å². The van der Waals surface area contributed by atoms with Crippen molar-refractivity contribution in [3.63, 3.8) is 0 Å². The number of hydrogen-bond donors (Lipinski definition) is 0. The molecule has 0 aliphatic rings. The maximum atomic E-state index is 12.6. The molecule has 0 aliphatic carbocycles. The van der Waals surface area contributed by atoms with Crippen molar-refractivity contribution in [3.8, 4) is 0 Å². The Labute approximate surface area is 348 Å². The summed E-state index contributed by atoms with van der Waals surface area (Å²) in [5.74, 6) is -0.951. The fraction of sp³-hybridized carbons (Fsp3) is 0.660. The Morgan fingerprint density at radius 1 is 0.561 bits per heavy atom. The summed E-state index contributed by atoms with van der Waals surface area (Å²) in [5, 5.41) is 0. The van der Waals surface area contributed by atoms with Gasteiger partial charge in [-0.1, -0.05) is 144 Å². The van der Waals surface area contributed by atoms with Crippen LogP contribution in [0.25, 0.3) is 0 Å². The highest BCUT2D eigenvalue weighted by molar-refractivity contribution is 7.45. The Bertz CT molecular complexity index is 1240. The van der Waals surface area contributed by atoms with Crippen molar-refractivity contribution in [2.45, 2.75) is 155 Å². The molecule has 0 fully saturated rings. The smallest absolute Gasteiger partial charge is 0.306 e. The Hall–Kier alpha value is -2.81. The van der Waals surface area contributed by atoms with Crippen LogP contribution in [0.1, 0.15) is 149 Å². The Morgan fingerprint density at radius 2 is 1.04 bits per heavy atom. The lowest BCUT2D eigenvalue weighted by Crippen LogP contribution is -2.37. The van der Waals surface area contributed by atoms with Gasteiger partial charge in [-0.25, -0.2) is 0 Å². The fourth-order valence-corrected chi connectivity index (χ4v) is 5.99. The highest BCUT2D eigenvalue weighted by atomic mass is 31.2. The predicted octanol–water partition coefficient (Wildman–Crippen LogP) is 11.8. The number of likely N-dealkylation sites (N-methyl/N-ethyl adjacent to an activating group) is 1. The van der Waals surface area contributed by atoms with Crippen LogP contribution in [0.2, 0.25) is 0 Å². The van der Waals surface area contributed by atoms with Crippen LogP contribution in [-0.2, 0) is 32.7 Å². The molecule has 0 aliphatic heterocycles. The second kappa shape index (κ2) is 38.7. The molecule has 0 rings (SSSR count). The number of allylic oxidation sites excluding steroid dienone is 14. The summed E-state index contributed by atoms with van der Waals surface area (Å²) in [6.45, 7) is 3.98. The number of ether oxygens (including phenoxy) is 2. The van der Waals surface area contributed by atoms with Crippen LogP contribution in [0, 0.1) is 0 Å². The number of hydrogen-bond acceptors (Lipinski definition) is 8. The van der Waals surface area contributed by atoms with E-state index in [-0.39, 0.29) is 26.1 Å². The summed E-state index contributed by atoms with van der Waals surface area (Å²) in [4.78, 5) is 37.5. The minimum absolute atomic E-state index is 0.0490. The van der Waals surface area contributed by atoms with E-state index in [0.29, 0.717) is 23.9 Å². The first kappa shape index (κ1) is 54.2. The van der Waals surface area contributed by atoms with Gasteiger partial charge >= 0.3 is 11.9 Å². The number of quaternary nitrogens is 1. The monoisotopic (exact) mass is 818 g/mol. The van der Waals surface area contributed by atoms with Gasteiger partial charge in [0.15, 0.2) is 6.10 Å². The number of rotatable bonds is 38. The third-order valence-electron chi connectivity index (χ3n) is 8.66. The zero-order chi connectivity index (χ0) is 42.1. The molecule has 0 amide bonds. The zero-order valence-corrected chi connectivity index (χ0v) is 37.4. The molecule has 0 heterocycles. The molecule has 10 heteroatoms. The van der Waals surface area contributed by atoms with E-state index in [1.807, 2.05) is 33.3 Å². The summed E-state index contributed by atoms with van der Waals surface area (Å²) in [6, 6.07) is 0. The van der Waals surface area contributed by atoms with E-state index in [4.69, 9.17) is 18.5 Å². The summed E-state index contributed by atoms with van der Waals surface area (Å²) in [5.41, 5.74) is 0. The SMILES string of the molecule is CC/C=C/C/C=C/C/C=C/C/C=C/C/C=C/CCCCCCC(=O)OCC(COP(=O)([O-])OCC[N+](C)(C)C)OC(=O)CC/C=C/C/C=C/CCCCCCCC. The molecule has 0 radical (unpaired) electrons. The van der Waals surface area contributed by atoms with Crippen molar-refractivity contribution in [2.24, 2.45) is 0 Å². The number of carbonyl (C=O) groups excluding carboxylic acids is 2. The predicted molar refractivity (Wildman–Crippen MR) is 236 cm³/mol. The van der Waals surface area contributed by atoms with Gasteiger partial charge in [-0.15, -0.1) is 0 Å². The fourth-order valence-electron chi connectivity index (χ4n) is 5.26. The van der Waals surface area contributed by atoms with Crippen LogP contribution < -0.4 is 4.89 Å². The molecule has 326 valence electrons. The molecule has 0 saturated heterocycles.